The highest BCUT2D eigenvalue weighted by Gasteiger charge is 2.19. The largest absolute Gasteiger partial charge is 0.350 e. The molecule has 0 saturated heterocycles. The summed E-state index contributed by atoms with van der Waals surface area (Å²) < 4.78 is 15.0. The van der Waals surface area contributed by atoms with Crippen molar-refractivity contribution in [2.75, 3.05) is 5.32 Å². The molecule has 1 heterocycles. The first-order chi connectivity index (χ1) is 13.8. The van der Waals surface area contributed by atoms with E-state index >= 15 is 0 Å². The van der Waals surface area contributed by atoms with Gasteiger partial charge in [-0.05, 0) is 62.7 Å². The lowest BCUT2D eigenvalue weighted by atomic mass is 10.1. The zero-order valence-corrected chi connectivity index (χ0v) is 16.8. The Morgan fingerprint density at radius 3 is 2.21 bits per heavy atom. The second-order valence-corrected chi connectivity index (χ2v) is 7.08. The Kier molecular flexibility index (Phi) is 5.77. The number of anilines is 1. The standard InChI is InChI=1S/C22H23FN4O2/c1-13(2)24-22(29)17-7-11-19(12-8-17)27-21(25-15(4)28)20(14(3)26-27)16-5-9-18(23)10-6-16/h5-13H,1-4H3,(H,24,29)(H,25,28). The van der Waals surface area contributed by atoms with Gasteiger partial charge in [0.15, 0.2) is 0 Å². The van der Waals surface area contributed by atoms with Crippen molar-refractivity contribution in [3.05, 3.63) is 65.6 Å². The molecule has 7 heteroatoms. The van der Waals surface area contributed by atoms with E-state index in [1.54, 1.807) is 41.1 Å². The fourth-order valence-electron chi connectivity index (χ4n) is 3.06. The molecule has 0 radical (unpaired) electrons. The summed E-state index contributed by atoms with van der Waals surface area (Å²) in [5, 5.41) is 10.2. The number of aryl methyl sites for hydroxylation is 1. The van der Waals surface area contributed by atoms with Gasteiger partial charge in [-0.2, -0.15) is 5.10 Å². The minimum atomic E-state index is -0.338. The zero-order chi connectivity index (χ0) is 21.1. The highest BCUT2D eigenvalue weighted by atomic mass is 19.1. The molecule has 0 unspecified atom stereocenters. The molecule has 0 aliphatic rings. The third-order valence-corrected chi connectivity index (χ3v) is 4.28. The summed E-state index contributed by atoms with van der Waals surface area (Å²) in [6.07, 6.45) is 0. The van der Waals surface area contributed by atoms with Crippen molar-refractivity contribution in [1.29, 1.82) is 0 Å². The topological polar surface area (TPSA) is 76.0 Å². The van der Waals surface area contributed by atoms with Gasteiger partial charge in [0.2, 0.25) is 5.91 Å². The maximum atomic E-state index is 13.3. The van der Waals surface area contributed by atoms with Crippen molar-refractivity contribution < 1.29 is 14.0 Å². The third-order valence-electron chi connectivity index (χ3n) is 4.28. The lowest BCUT2D eigenvalue weighted by Crippen LogP contribution is -2.30. The van der Waals surface area contributed by atoms with Gasteiger partial charge < -0.3 is 10.6 Å². The molecule has 2 aromatic carbocycles. The number of hydrogen-bond acceptors (Lipinski definition) is 3. The number of aromatic nitrogens is 2. The highest BCUT2D eigenvalue weighted by Crippen LogP contribution is 2.33. The first-order valence-electron chi connectivity index (χ1n) is 9.30. The molecule has 0 aliphatic heterocycles. The van der Waals surface area contributed by atoms with E-state index in [1.807, 2.05) is 20.8 Å². The van der Waals surface area contributed by atoms with Crippen molar-refractivity contribution >= 4 is 17.6 Å². The highest BCUT2D eigenvalue weighted by molar-refractivity contribution is 5.95. The number of carbonyl (C=O) groups is 2. The number of nitrogens with one attached hydrogen (secondary N) is 2. The minimum Gasteiger partial charge on any atom is -0.350 e. The molecule has 0 spiro atoms. The molecule has 0 bridgehead atoms. The van der Waals surface area contributed by atoms with Gasteiger partial charge in [0, 0.05) is 24.1 Å². The van der Waals surface area contributed by atoms with Gasteiger partial charge in [0.25, 0.3) is 5.91 Å². The van der Waals surface area contributed by atoms with Crippen LogP contribution in [0.1, 0.15) is 36.8 Å². The SMILES string of the molecule is CC(=O)Nc1c(-c2ccc(F)cc2)c(C)nn1-c1ccc(C(=O)NC(C)C)cc1. The molecule has 0 atom stereocenters. The second kappa shape index (κ2) is 8.26. The van der Waals surface area contributed by atoms with Crippen LogP contribution in [0.2, 0.25) is 0 Å². The summed E-state index contributed by atoms with van der Waals surface area (Å²) in [7, 11) is 0. The summed E-state index contributed by atoms with van der Waals surface area (Å²) >= 11 is 0. The van der Waals surface area contributed by atoms with Crippen LogP contribution in [0.25, 0.3) is 16.8 Å². The van der Waals surface area contributed by atoms with Crippen LogP contribution in [0, 0.1) is 12.7 Å². The molecule has 2 N–H and O–H groups in total. The van der Waals surface area contributed by atoms with Gasteiger partial charge in [-0.1, -0.05) is 12.1 Å². The second-order valence-electron chi connectivity index (χ2n) is 7.08. The molecule has 2 amide bonds. The Hall–Kier alpha value is -3.48. The summed E-state index contributed by atoms with van der Waals surface area (Å²) in [6, 6.07) is 13.0. The van der Waals surface area contributed by atoms with Crippen LogP contribution in [-0.4, -0.2) is 27.6 Å². The van der Waals surface area contributed by atoms with Gasteiger partial charge >= 0.3 is 0 Å². The number of hydrogen-bond donors (Lipinski definition) is 2. The van der Waals surface area contributed by atoms with Gasteiger partial charge in [-0.3, -0.25) is 9.59 Å². The minimum absolute atomic E-state index is 0.0422. The monoisotopic (exact) mass is 394 g/mol. The molecular weight excluding hydrogens is 371 g/mol. The number of nitrogens with zero attached hydrogens (tertiary/aromatic N) is 2. The summed E-state index contributed by atoms with van der Waals surface area (Å²) in [4.78, 5) is 24.0. The lowest BCUT2D eigenvalue weighted by molar-refractivity contribution is -0.114. The molecule has 6 nitrogen and oxygen atoms in total. The number of carbonyl (C=O) groups excluding carboxylic acids is 2. The quantitative estimate of drug-likeness (QED) is 0.685. The third kappa shape index (κ3) is 4.51. The Morgan fingerprint density at radius 1 is 1.03 bits per heavy atom. The molecule has 0 aliphatic carbocycles. The van der Waals surface area contributed by atoms with Crippen molar-refractivity contribution in [2.24, 2.45) is 0 Å². The summed E-state index contributed by atoms with van der Waals surface area (Å²) in [5.74, 6) is -0.254. The van der Waals surface area contributed by atoms with Crippen LogP contribution in [0.3, 0.4) is 0 Å². The molecular formula is C22H23FN4O2. The van der Waals surface area contributed by atoms with Crippen molar-refractivity contribution in [2.45, 2.75) is 33.7 Å². The van der Waals surface area contributed by atoms with E-state index < -0.39 is 0 Å². The fourth-order valence-corrected chi connectivity index (χ4v) is 3.06. The van der Waals surface area contributed by atoms with Crippen molar-refractivity contribution in [1.82, 2.24) is 15.1 Å². The van der Waals surface area contributed by atoms with Gasteiger partial charge in [0.05, 0.1) is 11.4 Å². The van der Waals surface area contributed by atoms with Crippen molar-refractivity contribution in [3.63, 3.8) is 0 Å². The Labute approximate surface area is 168 Å². The van der Waals surface area contributed by atoms with Crippen LogP contribution in [0.15, 0.2) is 48.5 Å². The van der Waals surface area contributed by atoms with Crippen molar-refractivity contribution in [3.8, 4) is 16.8 Å². The van der Waals surface area contributed by atoms with E-state index in [0.29, 0.717) is 28.3 Å². The predicted octanol–water partition coefficient (Wildman–Crippen LogP) is 4.08. The number of rotatable bonds is 5. The molecule has 3 aromatic rings. The smallest absolute Gasteiger partial charge is 0.251 e. The molecule has 29 heavy (non-hydrogen) atoms. The average molecular weight is 394 g/mol. The molecule has 3 rings (SSSR count). The first kappa shape index (κ1) is 20.3. The van der Waals surface area contributed by atoms with E-state index in [0.717, 1.165) is 5.56 Å². The van der Waals surface area contributed by atoms with Crippen LogP contribution in [0.4, 0.5) is 10.2 Å². The maximum Gasteiger partial charge on any atom is 0.251 e. The van der Waals surface area contributed by atoms with Gasteiger partial charge in [-0.15, -0.1) is 0 Å². The Bertz CT molecular complexity index is 1040. The molecule has 1 aromatic heterocycles. The van der Waals surface area contributed by atoms with Crippen LogP contribution in [0.5, 0.6) is 0 Å². The molecule has 0 saturated carbocycles. The van der Waals surface area contributed by atoms with E-state index in [4.69, 9.17) is 0 Å². The predicted molar refractivity (Wildman–Crippen MR) is 111 cm³/mol. The van der Waals surface area contributed by atoms with E-state index in [1.165, 1.54) is 19.1 Å². The average Bonchev–Trinajstić information content (AvgIpc) is 2.97. The fraction of sp³-hybridized carbons (Fsp3) is 0.227. The van der Waals surface area contributed by atoms with E-state index in [2.05, 4.69) is 15.7 Å². The zero-order valence-electron chi connectivity index (χ0n) is 16.8. The van der Waals surface area contributed by atoms with E-state index in [9.17, 15) is 14.0 Å². The molecule has 150 valence electrons. The van der Waals surface area contributed by atoms with Crippen LogP contribution in [-0.2, 0) is 4.79 Å². The Morgan fingerprint density at radius 2 is 1.66 bits per heavy atom. The normalized spacial score (nSPS) is 10.8. The van der Waals surface area contributed by atoms with Crippen LogP contribution < -0.4 is 10.6 Å². The molecule has 0 fully saturated rings. The lowest BCUT2D eigenvalue weighted by Gasteiger charge is -2.12. The maximum absolute atomic E-state index is 13.3. The summed E-state index contributed by atoms with van der Waals surface area (Å²) in [6.45, 7) is 7.04. The number of benzene rings is 2. The van der Waals surface area contributed by atoms with Crippen LogP contribution >= 0.6 is 0 Å². The van der Waals surface area contributed by atoms with E-state index in [-0.39, 0.29) is 23.7 Å². The van der Waals surface area contributed by atoms with Gasteiger partial charge in [-0.25, -0.2) is 9.07 Å². The first-order valence-corrected chi connectivity index (χ1v) is 9.30. The Balaban J connectivity index is 2.05. The number of amides is 2. The summed E-state index contributed by atoms with van der Waals surface area (Å²) in [5.41, 5.74) is 3.35. The number of halogens is 1. The van der Waals surface area contributed by atoms with Gasteiger partial charge in [0.1, 0.15) is 11.6 Å².